The van der Waals surface area contributed by atoms with Crippen LogP contribution in [0.5, 0.6) is 5.75 Å². The smallest absolute Gasteiger partial charge is 0.119 e. The van der Waals surface area contributed by atoms with E-state index >= 15 is 0 Å². The zero-order valence-electron chi connectivity index (χ0n) is 12.2. The molecule has 0 saturated carbocycles. The molecule has 3 nitrogen and oxygen atoms in total. The fraction of sp³-hybridized carbons (Fsp3) is 0.294. The van der Waals surface area contributed by atoms with E-state index in [4.69, 9.17) is 10.5 Å². The van der Waals surface area contributed by atoms with Crippen LogP contribution in [0.1, 0.15) is 12.0 Å². The van der Waals surface area contributed by atoms with Crippen molar-refractivity contribution in [3.63, 3.8) is 0 Å². The quantitative estimate of drug-likeness (QED) is 0.772. The van der Waals surface area contributed by atoms with E-state index in [0.717, 1.165) is 22.0 Å². The van der Waals surface area contributed by atoms with Gasteiger partial charge in [0.15, 0.2) is 0 Å². The van der Waals surface area contributed by atoms with Crippen molar-refractivity contribution in [1.29, 1.82) is 0 Å². The van der Waals surface area contributed by atoms with Crippen LogP contribution in [0.2, 0.25) is 0 Å². The summed E-state index contributed by atoms with van der Waals surface area (Å²) in [6.45, 7) is 0.218. The van der Waals surface area contributed by atoms with Gasteiger partial charge in [-0.05, 0) is 30.2 Å². The second kappa shape index (κ2) is 7.50. The lowest BCUT2D eigenvalue weighted by molar-refractivity contribution is 0.0431. The van der Waals surface area contributed by atoms with E-state index in [0.29, 0.717) is 6.42 Å². The maximum atomic E-state index is 10.7. The van der Waals surface area contributed by atoms with Gasteiger partial charge in [-0.15, -0.1) is 11.8 Å². The Morgan fingerprint density at radius 1 is 1.14 bits per heavy atom. The largest absolute Gasteiger partial charge is 0.497 e. The fourth-order valence-electron chi connectivity index (χ4n) is 2.14. The van der Waals surface area contributed by atoms with Crippen molar-refractivity contribution in [3.8, 4) is 5.75 Å². The minimum Gasteiger partial charge on any atom is -0.497 e. The van der Waals surface area contributed by atoms with Crippen LogP contribution in [-0.4, -0.2) is 24.5 Å². The summed E-state index contributed by atoms with van der Waals surface area (Å²) in [7, 11) is 1.66. The predicted molar refractivity (Wildman–Crippen MR) is 87.7 cm³/mol. The van der Waals surface area contributed by atoms with Gasteiger partial charge in [0.1, 0.15) is 11.4 Å². The van der Waals surface area contributed by atoms with Crippen LogP contribution < -0.4 is 10.5 Å². The Balaban J connectivity index is 1.97. The maximum Gasteiger partial charge on any atom is 0.119 e. The Morgan fingerprint density at radius 2 is 1.90 bits per heavy atom. The van der Waals surface area contributed by atoms with Crippen molar-refractivity contribution < 1.29 is 9.84 Å². The van der Waals surface area contributed by atoms with Crippen LogP contribution in [0.25, 0.3) is 0 Å². The SMILES string of the molecule is COc1cccc(SCCC(O)(CN)c2ccccc2)c1. The van der Waals surface area contributed by atoms with Gasteiger partial charge in [-0.2, -0.15) is 0 Å². The van der Waals surface area contributed by atoms with Gasteiger partial charge in [-0.3, -0.25) is 0 Å². The van der Waals surface area contributed by atoms with Crippen molar-refractivity contribution in [2.24, 2.45) is 5.73 Å². The van der Waals surface area contributed by atoms with Gasteiger partial charge in [0.2, 0.25) is 0 Å². The van der Waals surface area contributed by atoms with E-state index in [1.165, 1.54) is 0 Å². The highest BCUT2D eigenvalue weighted by Gasteiger charge is 2.26. The van der Waals surface area contributed by atoms with Crippen LogP contribution in [0.3, 0.4) is 0 Å². The van der Waals surface area contributed by atoms with Crippen LogP contribution in [0.15, 0.2) is 59.5 Å². The molecule has 2 aromatic carbocycles. The summed E-state index contributed by atoms with van der Waals surface area (Å²) in [5.41, 5.74) is 5.69. The molecular weight excluding hydrogens is 282 g/mol. The molecule has 2 rings (SSSR count). The molecule has 0 aliphatic carbocycles. The highest BCUT2D eigenvalue weighted by Crippen LogP contribution is 2.29. The van der Waals surface area contributed by atoms with Crippen molar-refractivity contribution in [1.82, 2.24) is 0 Å². The predicted octanol–water partition coefficient (Wildman–Crippen LogP) is 3.02. The highest BCUT2D eigenvalue weighted by molar-refractivity contribution is 7.99. The third-order valence-electron chi connectivity index (χ3n) is 3.47. The molecule has 0 spiro atoms. The highest BCUT2D eigenvalue weighted by atomic mass is 32.2. The van der Waals surface area contributed by atoms with Crippen molar-refractivity contribution in [3.05, 3.63) is 60.2 Å². The molecule has 0 radical (unpaired) electrons. The van der Waals surface area contributed by atoms with Crippen molar-refractivity contribution in [2.45, 2.75) is 16.9 Å². The number of aliphatic hydroxyl groups is 1. The van der Waals surface area contributed by atoms with Gasteiger partial charge < -0.3 is 15.6 Å². The molecule has 0 amide bonds. The molecule has 112 valence electrons. The lowest BCUT2D eigenvalue weighted by atomic mass is 9.91. The molecule has 0 fully saturated rings. The minimum absolute atomic E-state index is 0.218. The molecule has 2 aromatic rings. The molecule has 1 unspecified atom stereocenters. The number of nitrogens with two attached hydrogens (primary N) is 1. The number of methoxy groups -OCH3 is 1. The summed E-state index contributed by atoms with van der Waals surface area (Å²) in [5, 5.41) is 10.7. The Hall–Kier alpha value is -1.49. The topological polar surface area (TPSA) is 55.5 Å². The molecule has 21 heavy (non-hydrogen) atoms. The third-order valence-corrected chi connectivity index (χ3v) is 4.47. The molecule has 0 aliphatic heterocycles. The first kappa shape index (κ1) is 15.9. The first-order valence-corrected chi connectivity index (χ1v) is 7.91. The summed E-state index contributed by atoms with van der Waals surface area (Å²) in [4.78, 5) is 1.13. The molecule has 3 N–H and O–H groups in total. The third kappa shape index (κ3) is 4.24. The van der Waals surface area contributed by atoms with Crippen LogP contribution >= 0.6 is 11.8 Å². The van der Waals surface area contributed by atoms with E-state index in [-0.39, 0.29) is 6.54 Å². The summed E-state index contributed by atoms with van der Waals surface area (Å²) in [6, 6.07) is 17.5. The lowest BCUT2D eigenvalue weighted by Gasteiger charge is -2.27. The Bertz CT molecular complexity index is 562. The van der Waals surface area contributed by atoms with E-state index in [9.17, 15) is 5.11 Å². The zero-order valence-corrected chi connectivity index (χ0v) is 13.0. The van der Waals surface area contributed by atoms with Crippen LogP contribution in [0.4, 0.5) is 0 Å². The molecule has 0 aromatic heterocycles. The first-order chi connectivity index (χ1) is 10.2. The molecule has 0 aliphatic rings. The summed E-state index contributed by atoms with van der Waals surface area (Å²) in [6.07, 6.45) is 0.607. The van der Waals surface area contributed by atoms with Crippen LogP contribution in [-0.2, 0) is 5.60 Å². The summed E-state index contributed by atoms with van der Waals surface area (Å²) >= 11 is 1.69. The van der Waals surface area contributed by atoms with Gasteiger partial charge in [-0.25, -0.2) is 0 Å². The van der Waals surface area contributed by atoms with Gasteiger partial charge >= 0.3 is 0 Å². The molecule has 0 saturated heterocycles. The normalized spacial score (nSPS) is 13.7. The van der Waals surface area contributed by atoms with E-state index in [2.05, 4.69) is 0 Å². The monoisotopic (exact) mass is 303 g/mol. The van der Waals surface area contributed by atoms with Crippen molar-refractivity contribution >= 4 is 11.8 Å². The van der Waals surface area contributed by atoms with E-state index in [1.54, 1.807) is 18.9 Å². The van der Waals surface area contributed by atoms with Gasteiger partial charge in [0.25, 0.3) is 0 Å². The number of hydrogen-bond acceptors (Lipinski definition) is 4. The number of rotatable bonds is 7. The number of hydrogen-bond donors (Lipinski definition) is 2. The lowest BCUT2D eigenvalue weighted by Crippen LogP contribution is -2.35. The molecular formula is C17H21NO2S. The minimum atomic E-state index is -0.965. The maximum absolute atomic E-state index is 10.7. The van der Waals surface area contributed by atoms with E-state index in [1.807, 2.05) is 54.6 Å². The average Bonchev–Trinajstić information content (AvgIpc) is 2.55. The molecule has 0 bridgehead atoms. The number of benzene rings is 2. The van der Waals surface area contributed by atoms with Gasteiger partial charge in [0, 0.05) is 17.2 Å². The fourth-order valence-corrected chi connectivity index (χ4v) is 3.19. The molecule has 4 heteroatoms. The Kier molecular flexibility index (Phi) is 5.67. The average molecular weight is 303 g/mol. The van der Waals surface area contributed by atoms with E-state index < -0.39 is 5.60 Å². The zero-order chi connectivity index (χ0) is 15.1. The summed E-state index contributed by atoms with van der Waals surface area (Å²) < 4.78 is 5.21. The standard InChI is InChI=1S/C17H21NO2S/c1-20-15-8-5-9-16(12-15)21-11-10-17(19,13-18)14-6-3-2-4-7-14/h2-9,12,19H,10-11,13,18H2,1H3. The first-order valence-electron chi connectivity index (χ1n) is 6.93. The van der Waals surface area contributed by atoms with Gasteiger partial charge in [-0.1, -0.05) is 36.4 Å². The molecule has 1 atom stereocenters. The van der Waals surface area contributed by atoms with Crippen LogP contribution in [0, 0.1) is 0 Å². The molecule has 0 heterocycles. The van der Waals surface area contributed by atoms with Crippen molar-refractivity contribution in [2.75, 3.05) is 19.4 Å². The van der Waals surface area contributed by atoms with Gasteiger partial charge in [0.05, 0.1) is 7.11 Å². The number of ether oxygens (including phenoxy) is 1. The second-order valence-corrected chi connectivity index (χ2v) is 6.05. The summed E-state index contributed by atoms with van der Waals surface area (Å²) in [5.74, 6) is 1.63. The Morgan fingerprint density at radius 3 is 2.57 bits per heavy atom. The number of thioether (sulfide) groups is 1. The second-order valence-electron chi connectivity index (χ2n) is 4.88. The Labute approximate surface area is 130 Å².